The number of halogens is 1. The van der Waals surface area contributed by atoms with E-state index in [1.54, 1.807) is 7.11 Å². The average Bonchev–Trinajstić information content (AvgIpc) is 1.66. The van der Waals surface area contributed by atoms with Gasteiger partial charge in [0.2, 0.25) is 0 Å². The molecule has 0 bridgehead atoms. The molecule has 0 aromatic heterocycles. The predicted octanol–water partition coefficient (Wildman–Crippen LogP) is 0.656. The molecule has 6 heteroatoms. The number of alkyl halides is 1. The van der Waals surface area contributed by atoms with Crippen molar-refractivity contribution in [2.75, 3.05) is 19.0 Å². The van der Waals surface area contributed by atoms with Gasteiger partial charge in [0.25, 0.3) is 0 Å². The number of ether oxygens (including phenoxy) is 1. The van der Waals surface area contributed by atoms with Crippen molar-refractivity contribution in [2.45, 2.75) is 0 Å². The summed E-state index contributed by atoms with van der Waals surface area (Å²) in [6, 6.07) is 0. The van der Waals surface area contributed by atoms with Crippen LogP contribution in [-0.4, -0.2) is 28.8 Å². The summed E-state index contributed by atoms with van der Waals surface area (Å²) in [4.78, 5) is 14.2. The summed E-state index contributed by atoms with van der Waals surface area (Å²) < 4.78 is 13.3. The van der Waals surface area contributed by atoms with Gasteiger partial charge < -0.3 is 4.74 Å². The van der Waals surface area contributed by atoms with Gasteiger partial charge in [0, 0.05) is 17.0 Å². The van der Waals surface area contributed by atoms with Crippen LogP contribution in [0.3, 0.4) is 0 Å². The van der Waals surface area contributed by atoms with E-state index in [4.69, 9.17) is 14.4 Å². The maximum absolute atomic E-state index is 8.70. The molecule has 0 saturated carbocycles. The van der Waals surface area contributed by atoms with Gasteiger partial charge in [0.05, 0.1) is 6.61 Å². The van der Waals surface area contributed by atoms with E-state index in [1.807, 2.05) is 0 Å². The van der Waals surface area contributed by atoms with Crippen molar-refractivity contribution in [3.05, 3.63) is 0 Å². The molecule has 0 radical (unpaired) electrons. The second-order valence-corrected chi connectivity index (χ2v) is 2.23. The van der Waals surface area contributed by atoms with E-state index in [1.165, 1.54) is 0 Å². The van der Waals surface area contributed by atoms with Crippen LogP contribution in [0.1, 0.15) is 0 Å². The lowest BCUT2D eigenvalue weighted by Gasteiger charge is -1.83. The Bertz CT molecular complexity index is 62.8. The van der Waals surface area contributed by atoms with Gasteiger partial charge in [-0.05, 0) is 0 Å². The Hall–Kier alpha value is 0.460. The molecule has 56 valence electrons. The van der Waals surface area contributed by atoms with Gasteiger partial charge in [-0.1, -0.05) is 15.9 Å². The van der Waals surface area contributed by atoms with Crippen molar-refractivity contribution in [1.29, 1.82) is 0 Å². The molecule has 0 saturated heterocycles. The van der Waals surface area contributed by atoms with Gasteiger partial charge >= 0.3 is 8.25 Å². The molecule has 2 N–H and O–H groups in total. The standard InChI is InChI=1S/C3H7BrO.HO3P/c1-5-3-2-4;1-4(2)3/h2-3H2,1H3;(H-,1,2,3)/p+1. The topological polar surface area (TPSA) is 66.8 Å². The van der Waals surface area contributed by atoms with Gasteiger partial charge in [0.1, 0.15) is 0 Å². The highest BCUT2D eigenvalue weighted by atomic mass is 79.9. The monoisotopic (exact) mass is 219 g/mol. The maximum atomic E-state index is 8.70. The van der Waals surface area contributed by atoms with Crippen LogP contribution in [0, 0.1) is 0 Å². The molecule has 0 heterocycles. The van der Waals surface area contributed by atoms with E-state index in [2.05, 4.69) is 20.7 Å². The minimum absolute atomic E-state index is 0.806. The van der Waals surface area contributed by atoms with E-state index in [0.717, 1.165) is 11.9 Å². The highest BCUT2D eigenvalue weighted by Crippen LogP contribution is 1.98. The fourth-order valence-electron chi connectivity index (χ4n) is 0.0772. The molecule has 0 amide bonds. The molecule has 0 fully saturated rings. The van der Waals surface area contributed by atoms with Crippen molar-refractivity contribution in [1.82, 2.24) is 0 Å². The number of rotatable bonds is 2. The number of methoxy groups -OCH3 is 1. The number of hydrogen-bond acceptors (Lipinski definition) is 2. The van der Waals surface area contributed by atoms with Crippen molar-refractivity contribution in [2.24, 2.45) is 0 Å². The van der Waals surface area contributed by atoms with E-state index in [0.29, 0.717) is 0 Å². The van der Waals surface area contributed by atoms with Gasteiger partial charge in [-0.3, -0.25) is 0 Å². The van der Waals surface area contributed by atoms with Crippen LogP contribution in [0.5, 0.6) is 0 Å². The highest BCUT2D eigenvalue weighted by Gasteiger charge is 1.93. The first-order valence-corrected chi connectivity index (χ1v) is 4.33. The molecule has 9 heavy (non-hydrogen) atoms. The van der Waals surface area contributed by atoms with Crippen LogP contribution in [0.15, 0.2) is 0 Å². The first-order chi connectivity index (χ1) is 4.15. The Balaban J connectivity index is 0. The molecule has 0 aromatic carbocycles. The summed E-state index contributed by atoms with van der Waals surface area (Å²) in [5.74, 6) is 0. The predicted molar refractivity (Wildman–Crippen MR) is 37.7 cm³/mol. The van der Waals surface area contributed by atoms with Crippen molar-refractivity contribution in [3.8, 4) is 0 Å². The minimum atomic E-state index is -2.87. The lowest BCUT2D eigenvalue weighted by Crippen LogP contribution is -1.85. The van der Waals surface area contributed by atoms with Gasteiger partial charge in [-0.15, -0.1) is 9.79 Å². The average molecular weight is 220 g/mol. The molecule has 0 spiro atoms. The molecule has 0 rings (SSSR count). The van der Waals surface area contributed by atoms with Crippen LogP contribution in [0.4, 0.5) is 0 Å². The van der Waals surface area contributed by atoms with E-state index in [-0.39, 0.29) is 0 Å². The van der Waals surface area contributed by atoms with Crippen molar-refractivity contribution >= 4 is 24.2 Å². The summed E-state index contributed by atoms with van der Waals surface area (Å²) in [5, 5.41) is 0.934. The van der Waals surface area contributed by atoms with Crippen LogP contribution in [-0.2, 0) is 9.30 Å². The third kappa shape index (κ3) is 58.3. The molecule has 4 nitrogen and oxygen atoms in total. The van der Waals surface area contributed by atoms with E-state index in [9.17, 15) is 0 Å². The second-order valence-electron chi connectivity index (χ2n) is 0.935. The first-order valence-electron chi connectivity index (χ1n) is 2.05. The van der Waals surface area contributed by atoms with Crippen LogP contribution in [0.25, 0.3) is 0 Å². The summed E-state index contributed by atoms with van der Waals surface area (Å²) in [6.45, 7) is 0.806. The van der Waals surface area contributed by atoms with Crippen molar-refractivity contribution in [3.63, 3.8) is 0 Å². The summed E-state index contributed by atoms with van der Waals surface area (Å²) in [5.41, 5.74) is 0. The lowest BCUT2D eigenvalue weighted by molar-refractivity contribution is 0.219. The zero-order valence-corrected chi connectivity index (χ0v) is 7.43. The molecular weight excluding hydrogens is 211 g/mol. The van der Waals surface area contributed by atoms with Crippen molar-refractivity contribution < 1.29 is 19.1 Å². The van der Waals surface area contributed by atoms with E-state index >= 15 is 0 Å². The largest absolute Gasteiger partial charge is 0.692 e. The number of hydrogen-bond donors (Lipinski definition) is 2. The van der Waals surface area contributed by atoms with Gasteiger partial charge in [0.15, 0.2) is 0 Å². The Morgan fingerprint density at radius 2 is 2.00 bits per heavy atom. The van der Waals surface area contributed by atoms with Crippen LogP contribution < -0.4 is 0 Å². The van der Waals surface area contributed by atoms with Crippen LogP contribution >= 0.6 is 24.2 Å². The van der Waals surface area contributed by atoms with E-state index < -0.39 is 8.25 Å². The lowest BCUT2D eigenvalue weighted by atomic mass is 10.9. The fourth-order valence-corrected chi connectivity index (χ4v) is 0.401. The van der Waals surface area contributed by atoms with Gasteiger partial charge in [-0.25, -0.2) is 0 Å². The Kier molecular flexibility index (Phi) is 15.3. The Morgan fingerprint density at radius 1 is 1.67 bits per heavy atom. The normalized spacial score (nSPS) is 7.56. The molecule has 0 atom stereocenters. The molecule has 0 unspecified atom stereocenters. The first kappa shape index (κ1) is 12.2. The van der Waals surface area contributed by atoms with Crippen LogP contribution in [0.2, 0.25) is 0 Å². The molecular formula is C3H9BrO4P+. The Labute approximate surface area is 62.9 Å². The zero-order valence-electron chi connectivity index (χ0n) is 4.95. The SMILES string of the molecule is COCCBr.O=[P+](O)O. The summed E-state index contributed by atoms with van der Waals surface area (Å²) in [6.07, 6.45) is 0. The third-order valence-electron chi connectivity index (χ3n) is 0.281. The second kappa shape index (κ2) is 11.3. The molecule has 0 aliphatic carbocycles. The van der Waals surface area contributed by atoms with Gasteiger partial charge in [-0.2, -0.15) is 0 Å². The summed E-state index contributed by atoms with van der Waals surface area (Å²) >= 11 is 3.18. The Morgan fingerprint density at radius 3 is 2.00 bits per heavy atom. The molecule has 0 aliphatic heterocycles. The smallest absolute Gasteiger partial charge is 0.384 e. The maximum Gasteiger partial charge on any atom is 0.692 e. The summed E-state index contributed by atoms with van der Waals surface area (Å²) in [7, 11) is -1.19. The fraction of sp³-hybridized carbons (Fsp3) is 1.00. The quantitative estimate of drug-likeness (QED) is 0.529. The zero-order chi connectivity index (χ0) is 7.70. The third-order valence-corrected chi connectivity index (χ3v) is 0.605. The molecule has 0 aromatic rings. The molecule has 0 aliphatic rings. The highest BCUT2D eigenvalue weighted by molar-refractivity contribution is 9.09. The minimum Gasteiger partial charge on any atom is -0.384 e.